The summed E-state index contributed by atoms with van der Waals surface area (Å²) in [4.78, 5) is 25.0. The van der Waals surface area contributed by atoms with Gasteiger partial charge in [0.25, 0.3) is 5.69 Å². The number of aliphatic hydroxyl groups is 1. The Balaban J connectivity index is 2.19. The van der Waals surface area contributed by atoms with Gasteiger partial charge in [-0.15, -0.1) is 0 Å². The molecular formula is C13H15N3O4. The van der Waals surface area contributed by atoms with Crippen LogP contribution in [0.1, 0.15) is 12.5 Å². The van der Waals surface area contributed by atoms with Crippen LogP contribution < -0.4 is 5.32 Å². The molecule has 1 unspecified atom stereocenters. The molecular weight excluding hydrogens is 262 g/mol. The number of benzene rings is 1. The first-order chi connectivity index (χ1) is 9.47. The monoisotopic (exact) mass is 277 g/mol. The Labute approximate surface area is 114 Å². The molecule has 1 atom stereocenters. The summed E-state index contributed by atoms with van der Waals surface area (Å²) in [6.45, 7) is 1.76. The van der Waals surface area contributed by atoms with Gasteiger partial charge in [0, 0.05) is 35.8 Å². The highest BCUT2D eigenvalue weighted by molar-refractivity contribution is 5.90. The number of rotatable bonds is 5. The zero-order valence-corrected chi connectivity index (χ0v) is 10.9. The summed E-state index contributed by atoms with van der Waals surface area (Å²) in [5.41, 5.74) is 1.42. The Morgan fingerprint density at radius 1 is 1.55 bits per heavy atom. The van der Waals surface area contributed by atoms with Crippen LogP contribution in [0.3, 0.4) is 0 Å². The quantitative estimate of drug-likeness (QED) is 0.562. The fourth-order valence-electron chi connectivity index (χ4n) is 1.92. The third-order valence-electron chi connectivity index (χ3n) is 2.91. The topological polar surface area (TPSA) is 108 Å². The van der Waals surface area contributed by atoms with Crippen LogP contribution >= 0.6 is 0 Å². The molecule has 2 rings (SSSR count). The molecule has 0 bridgehead atoms. The lowest BCUT2D eigenvalue weighted by molar-refractivity contribution is -0.384. The van der Waals surface area contributed by atoms with E-state index in [1.165, 1.54) is 12.1 Å². The number of nitrogens with one attached hydrogen (secondary N) is 2. The van der Waals surface area contributed by atoms with Crippen LogP contribution in [0, 0.1) is 10.1 Å². The number of aromatic amines is 1. The summed E-state index contributed by atoms with van der Waals surface area (Å²) >= 11 is 0. The molecule has 2 aromatic rings. The predicted octanol–water partition coefficient (Wildman–Crippen LogP) is 1.12. The zero-order valence-electron chi connectivity index (χ0n) is 10.9. The van der Waals surface area contributed by atoms with Crippen LogP contribution in [-0.4, -0.2) is 33.6 Å². The van der Waals surface area contributed by atoms with E-state index >= 15 is 0 Å². The number of non-ortho nitro benzene ring substituents is 1. The number of nitrogens with zero attached hydrogens (tertiary/aromatic N) is 1. The zero-order chi connectivity index (χ0) is 14.7. The summed E-state index contributed by atoms with van der Waals surface area (Å²) in [6.07, 6.45) is 1.16. The van der Waals surface area contributed by atoms with Crippen molar-refractivity contribution < 1.29 is 14.8 Å². The summed E-state index contributed by atoms with van der Waals surface area (Å²) < 4.78 is 0. The summed E-state index contributed by atoms with van der Waals surface area (Å²) in [6, 6.07) is 4.48. The normalized spacial score (nSPS) is 12.3. The van der Waals surface area contributed by atoms with Crippen molar-refractivity contribution in [2.24, 2.45) is 0 Å². The highest BCUT2D eigenvalue weighted by Crippen LogP contribution is 2.23. The van der Waals surface area contributed by atoms with E-state index in [1.807, 2.05) is 0 Å². The van der Waals surface area contributed by atoms with E-state index in [4.69, 9.17) is 5.11 Å². The highest BCUT2D eigenvalue weighted by Gasteiger charge is 2.13. The maximum Gasteiger partial charge on any atom is 0.270 e. The molecule has 0 aliphatic rings. The van der Waals surface area contributed by atoms with Gasteiger partial charge in [-0.25, -0.2) is 0 Å². The predicted molar refractivity (Wildman–Crippen MR) is 73.3 cm³/mol. The fourth-order valence-corrected chi connectivity index (χ4v) is 1.92. The van der Waals surface area contributed by atoms with Crippen LogP contribution in [0.5, 0.6) is 0 Å². The molecule has 0 saturated carbocycles. The van der Waals surface area contributed by atoms with Crippen LogP contribution in [0.4, 0.5) is 5.69 Å². The van der Waals surface area contributed by atoms with Gasteiger partial charge in [-0.05, 0) is 18.6 Å². The molecule has 0 aliphatic carbocycles. The molecule has 0 saturated heterocycles. The van der Waals surface area contributed by atoms with E-state index < -0.39 is 11.0 Å². The van der Waals surface area contributed by atoms with Crippen molar-refractivity contribution in [3.8, 4) is 0 Å². The van der Waals surface area contributed by atoms with Crippen molar-refractivity contribution in [2.75, 3.05) is 6.54 Å². The SMILES string of the molecule is CC(O)CNC(=O)Cc1c[nH]c2ccc([N+](=O)[O-])cc12. The molecule has 3 N–H and O–H groups in total. The van der Waals surface area contributed by atoms with Gasteiger partial charge in [0.05, 0.1) is 17.4 Å². The minimum Gasteiger partial charge on any atom is -0.392 e. The maximum absolute atomic E-state index is 11.7. The minimum absolute atomic E-state index is 0.0114. The van der Waals surface area contributed by atoms with Crippen LogP contribution in [0.25, 0.3) is 10.9 Å². The summed E-state index contributed by atoms with van der Waals surface area (Å²) in [7, 11) is 0. The Morgan fingerprint density at radius 3 is 2.95 bits per heavy atom. The minimum atomic E-state index is -0.608. The number of aromatic nitrogens is 1. The second-order valence-electron chi connectivity index (χ2n) is 4.63. The average molecular weight is 277 g/mol. The van der Waals surface area contributed by atoms with Crippen molar-refractivity contribution in [1.82, 2.24) is 10.3 Å². The number of hydrogen-bond acceptors (Lipinski definition) is 4. The lowest BCUT2D eigenvalue weighted by Gasteiger charge is -2.06. The Morgan fingerprint density at radius 2 is 2.30 bits per heavy atom. The van der Waals surface area contributed by atoms with Crippen molar-refractivity contribution >= 4 is 22.5 Å². The van der Waals surface area contributed by atoms with Crippen molar-refractivity contribution in [2.45, 2.75) is 19.4 Å². The number of nitro benzene ring substituents is 1. The molecule has 1 amide bonds. The van der Waals surface area contributed by atoms with Crippen molar-refractivity contribution in [3.05, 3.63) is 40.1 Å². The molecule has 20 heavy (non-hydrogen) atoms. The maximum atomic E-state index is 11.7. The first kappa shape index (κ1) is 14.0. The van der Waals surface area contributed by atoms with Gasteiger partial charge in [0.1, 0.15) is 0 Å². The summed E-state index contributed by atoms with van der Waals surface area (Å²) in [5, 5.41) is 23.1. The Kier molecular flexibility index (Phi) is 3.99. The lowest BCUT2D eigenvalue weighted by atomic mass is 10.1. The molecule has 0 aliphatic heterocycles. The Hall–Kier alpha value is -2.41. The molecule has 1 aromatic heterocycles. The lowest BCUT2D eigenvalue weighted by Crippen LogP contribution is -2.31. The van der Waals surface area contributed by atoms with Gasteiger partial charge < -0.3 is 15.4 Å². The number of carbonyl (C=O) groups excluding carboxylic acids is 1. The molecule has 0 spiro atoms. The number of fused-ring (bicyclic) bond motifs is 1. The van der Waals surface area contributed by atoms with Crippen molar-refractivity contribution in [3.63, 3.8) is 0 Å². The fraction of sp³-hybridized carbons (Fsp3) is 0.308. The molecule has 1 heterocycles. The molecule has 0 radical (unpaired) electrons. The molecule has 7 nitrogen and oxygen atoms in total. The largest absolute Gasteiger partial charge is 0.392 e. The van der Waals surface area contributed by atoms with E-state index in [1.54, 1.807) is 19.2 Å². The second kappa shape index (κ2) is 5.70. The van der Waals surface area contributed by atoms with Crippen molar-refractivity contribution in [1.29, 1.82) is 0 Å². The van der Waals surface area contributed by atoms with Gasteiger partial charge in [0.2, 0.25) is 5.91 Å². The third-order valence-corrected chi connectivity index (χ3v) is 2.91. The number of hydrogen-bond donors (Lipinski definition) is 3. The van der Waals surface area contributed by atoms with Crippen LogP contribution in [0.15, 0.2) is 24.4 Å². The van der Waals surface area contributed by atoms with Crippen LogP contribution in [-0.2, 0) is 11.2 Å². The standard InChI is InChI=1S/C13H15N3O4/c1-8(17)6-15-13(18)4-9-7-14-12-3-2-10(16(19)20)5-11(9)12/h2-3,5,7-8,14,17H,4,6H2,1H3,(H,15,18). The van der Waals surface area contributed by atoms with E-state index in [0.29, 0.717) is 10.9 Å². The number of amides is 1. The average Bonchev–Trinajstić information content (AvgIpc) is 2.79. The van der Waals surface area contributed by atoms with E-state index in [-0.39, 0.29) is 24.6 Å². The van der Waals surface area contributed by atoms with Gasteiger partial charge in [-0.1, -0.05) is 0 Å². The second-order valence-corrected chi connectivity index (χ2v) is 4.63. The van der Waals surface area contributed by atoms with E-state index in [9.17, 15) is 14.9 Å². The first-order valence-corrected chi connectivity index (χ1v) is 6.16. The molecule has 106 valence electrons. The van der Waals surface area contributed by atoms with Gasteiger partial charge in [-0.3, -0.25) is 14.9 Å². The molecule has 7 heteroatoms. The Bertz CT molecular complexity index is 648. The van der Waals surface area contributed by atoms with Gasteiger partial charge in [0.15, 0.2) is 0 Å². The number of nitro groups is 1. The number of H-pyrrole nitrogens is 1. The van der Waals surface area contributed by atoms with E-state index in [2.05, 4.69) is 10.3 Å². The third kappa shape index (κ3) is 3.12. The highest BCUT2D eigenvalue weighted by atomic mass is 16.6. The van der Waals surface area contributed by atoms with Crippen LogP contribution in [0.2, 0.25) is 0 Å². The number of aliphatic hydroxyl groups excluding tert-OH is 1. The van der Waals surface area contributed by atoms with Gasteiger partial charge in [-0.2, -0.15) is 0 Å². The van der Waals surface area contributed by atoms with E-state index in [0.717, 1.165) is 5.52 Å². The first-order valence-electron chi connectivity index (χ1n) is 6.16. The van der Waals surface area contributed by atoms with Gasteiger partial charge >= 0.3 is 0 Å². The summed E-state index contributed by atoms with van der Waals surface area (Å²) in [5.74, 6) is -0.238. The smallest absolute Gasteiger partial charge is 0.270 e. The molecule has 1 aromatic carbocycles. The molecule has 0 fully saturated rings. The number of carbonyl (C=O) groups is 1.